The second-order valence-electron chi connectivity index (χ2n) is 7.13. The van der Waals surface area contributed by atoms with Crippen LogP contribution in [-0.4, -0.2) is 43.5 Å². The Kier molecular flexibility index (Phi) is 10.6. The van der Waals surface area contributed by atoms with E-state index in [1.54, 1.807) is 7.05 Å². The average molecular weight is 522 g/mol. The molecule has 0 spiro atoms. The van der Waals surface area contributed by atoms with E-state index in [2.05, 4.69) is 46.0 Å². The van der Waals surface area contributed by atoms with Gasteiger partial charge in [-0.3, -0.25) is 9.79 Å². The lowest BCUT2D eigenvalue weighted by Crippen LogP contribution is -2.38. The molecule has 1 aliphatic heterocycles. The highest BCUT2D eigenvalue weighted by atomic mass is 127. The number of carbonyl (C=O) groups is 1. The molecule has 1 saturated heterocycles. The molecule has 7 heteroatoms. The standard InChI is InChI=1S/C23H30N4O2.HI/c1-24-23(25-12-14-29-18-19-7-3-2-4-8-19)26-16-20-9-5-10-21(15-20)17-27-13-6-11-22(27)28;/h2-5,7-10,15H,6,11-14,16-18H2,1H3,(H2,24,25,26);1H. The summed E-state index contributed by atoms with van der Waals surface area (Å²) in [6.07, 6.45) is 1.65. The summed E-state index contributed by atoms with van der Waals surface area (Å²) in [7, 11) is 1.76. The molecule has 0 aromatic heterocycles. The van der Waals surface area contributed by atoms with Crippen molar-refractivity contribution in [2.45, 2.75) is 32.5 Å². The van der Waals surface area contributed by atoms with Gasteiger partial charge in [0.1, 0.15) is 0 Å². The zero-order valence-corrected chi connectivity index (χ0v) is 19.8. The molecule has 30 heavy (non-hydrogen) atoms. The van der Waals surface area contributed by atoms with Crippen LogP contribution >= 0.6 is 24.0 Å². The van der Waals surface area contributed by atoms with Crippen LogP contribution in [0.1, 0.15) is 29.5 Å². The van der Waals surface area contributed by atoms with Crippen LogP contribution in [0.5, 0.6) is 0 Å². The largest absolute Gasteiger partial charge is 0.375 e. The van der Waals surface area contributed by atoms with Gasteiger partial charge in [-0.2, -0.15) is 0 Å². The van der Waals surface area contributed by atoms with Crippen molar-refractivity contribution in [1.82, 2.24) is 15.5 Å². The first-order valence-electron chi connectivity index (χ1n) is 10.2. The number of hydrogen-bond donors (Lipinski definition) is 2. The average Bonchev–Trinajstić information content (AvgIpc) is 3.15. The second-order valence-corrected chi connectivity index (χ2v) is 7.13. The lowest BCUT2D eigenvalue weighted by Gasteiger charge is -2.16. The number of hydrogen-bond acceptors (Lipinski definition) is 3. The first-order valence-corrected chi connectivity index (χ1v) is 10.2. The van der Waals surface area contributed by atoms with Crippen LogP contribution in [0, 0.1) is 0 Å². The van der Waals surface area contributed by atoms with E-state index in [0.29, 0.717) is 39.3 Å². The monoisotopic (exact) mass is 522 g/mol. The lowest BCUT2D eigenvalue weighted by atomic mass is 10.1. The van der Waals surface area contributed by atoms with Crippen molar-refractivity contribution in [3.63, 3.8) is 0 Å². The number of amides is 1. The number of likely N-dealkylation sites (tertiary alicyclic amines) is 1. The number of carbonyl (C=O) groups excluding carboxylic acids is 1. The summed E-state index contributed by atoms with van der Waals surface area (Å²) in [6, 6.07) is 18.5. The number of ether oxygens (including phenoxy) is 1. The Hall–Kier alpha value is -2.13. The fraction of sp³-hybridized carbons (Fsp3) is 0.391. The van der Waals surface area contributed by atoms with Gasteiger partial charge in [-0.25, -0.2) is 0 Å². The number of nitrogens with zero attached hydrogens (tertiary/aromatic N) is 2. The van der Waals surface area contributed by atoms with Crippen molar-refractivity contribution in [1.29, 1.82) is 0 Å². The molecule has 2 N–H and O–H groups in total. The molecule has 3 rings (SSSR count). The van der Waals surface area contributed by atoms with Gasteiger partial charge in [0.2, 0.25) is 5.91 Å². The predicted octanol–water partition coefficient (Wildman–Crippen LogP) is 3.31. The number of rotatable bonds is 9. The Morgan fingerprint density at radius 2 is 1.83 bits per heavy atom. The molecule has 0 radical (unpaired) electrons. The maximum atomic E-state index is 11.8. The van der Waals surface area contributed by atoms with Crippen molar-refractivity contribution >= 4 is 35.8 Å². The van der Waals surface area contributed by atoms with Gasteiger partial charge >= 0.3 is 0 Å². The van der Waals surface area contributed by atoms with E-state index in [0.717, 1.165) is 30.1 Å². The van der Waals surface area contributed by atoms with E-state index in [1.165, 1.54) is 5.56 Å². The molecular weight excluding hydrogens is 491 g/mol. The first-order chi connectivity index (χ1) is 14.2. The van der Waals surface area contributed by atoms with E-state index in [4.69, 9.17) is 4.74 Å². The van der Waals surface area contributed by atoms with Gasteiger partial charge in [-0.15, -0.1) is 24.0 Å². The van der Waals surface area contributed by atoms with E-state index in [-0.39, 0.29) is 29.9 Å². The highest BCUT2D eigenvalue weighted by molar-refractivity contribution is 14.0. The number of guanidine groups is 1. The topological polar surface area (TPSA) is 66.0 Å². The molecule has 162 valence electrons. The summed E-state index contributed by atoms with van der Waals surface area (Å²) >= 11 is 0. The third kappa shape index (κ3) is 7.95. The van der Waals surface area contributed by atoms with Crippen molar-refractivity contribution in [2.24, 2.45) is 4.99 Å². The molecule has 6 nitrogen and oxygen atoms in total. The molecule has 0 saturated carbocycles. The van der Waals surface area contributed by atoms with Crippen LogP contribution < -0.4 is 10.6 Å². The van der Waals surface area contributed by atoms with Gasteiger partial charge in [-0.1, -0.05) is 54.6 Å². The van der Waals surface area contributed by atoms with Gasteiger partial charge in [0.25, 0.3) is 0 Å². The zero-order chi connectivity index (χ0) is 20.3. The Balaban J connectivity index is 0.00000320. The summed E-state index contributed by atoms with van der Waals surface area (Å²) in [5.41, 5.74) is 3.50. The van der Waals surface area contributed by atoms with Crippen LogP contribution in [0.25, 0.3) is 0 Å². The molecule has 0 bridgehead atoms. The minimum Gasteiger partial charge on any atom is -0.375 e. The van der Waals surface area contributed by atoms with E-state index >= 15 is 0 Å². The first kappa shape index (κ1) is 24.1. The molecule has 1 fully saturated rings. The van der Waals surface area contributed by atoms with E-state index in [1.807, 2.05) is 29.2 Å². The summed E-state index contributed by atoms with van der Waals surface area (Å²) in [5, 5.41) is 6.59. The van der Waals surface area contributed by atoms with E-state index in [9.17, 15) is 4.79 Å². The van der Waals surface area contributed by atoms with Crippen LogP contribution in [-0.2, 0) is 29.2 Å². The van der Waals surface area contributed by atoms with Crippen LogP contribution in [0.3, 0.4) is 0 Å². The van der Waals surface area contributed by atoms with Crippen LogP contribution in [0.2, 0.25) is 0 Å². The lowest BCUT2D eigenvalue weighted by molar-refractivity contribution is -0.128. The predicted molar refractivity (Wildman–Crippen MR) is 131 cm³/mol. The summed E-state index contributed by atoms with van der Waals surface area (Å²) in [4.78, 5) is 18.0. The number of aliphatic imine (C=N–C) groups is 1. The normalized spacial score (nSPS) is 13.8. The van der Waals surface area contributed by atoms with Crippen molar-refractivity contribution in [3.05, 3.63) is 71.3 Å². The van der Waals surface area contributed by atoms with Gasteiger partial charge in [0.15, 0.2) is 5.96 Å². The van der Waals surface area contributed by atoms with E-state index < -0.39 is 0 Å². The van der Waals surface area contributed by atoms with Crippen LogP contribution in [0.15, 0.2) is 59.6 Å². The second kappa shape index (κ2) is 13.2. The smallest absolute Gasteiger partial charge is 0.222 e. The van der Waals surface area contributed by atoms with Gasteiger partial charge in [0.05, 0.1) is 13.2 Å². The number of benzene rings is 2. The van der Waals surface area contributed by atoms with Gasteiger partial charge in [0, 0.05) is 39.6 Å². The molecule has 1 aliphatic rings. The molecule has 2 aromatic carbocycles. The van der Waals surface area contributed by atoms with Crippen molar-refractivity contribution < 1.29 is 9.53 Å². The summed E-state index contributed by atoms with van der Waals surface area (Å²) < 4.78 is 5.69. The van der Waals surface area contributed by atoms with Crippen molar-refractivity contribution in [3.8, 4) is 0 Å². The molecular formula is C23H31IN4O2. The minimum atomic E-state index is 0. The third-order valence-corrected chi connectivity index (χ3v) is 4.87. The zero-order valence-electron chi connectivity index (χ0n) is 17.5. The van der Waals surface area contributed by atoms with Gasteiger partial charge < -0.3 is 20.3 Å². The van der Waals surface area contributed by atoms with Crippen LogP contribution in [0.4, 0.5) is 0 Å². The maximum Gasteiger partial charge on any atom is 0.222 e. The highest BCUT2D eigenvalue weighted by Gasteiger charge is 2.19. The van der Waals surface area contributed by atoms with Crippen molar-refractivity contribution in [2.75, 3.05) is 26.7 Å². The third-order valence-electron chi connectivity index (χ3n) is 4.87. The highest BCUT2D eigenvalue weighted by Crippen LogP contribution is 2.15. The Morgan fingerprint density at radius 1 is 1.07 bits per heavy atom. The maximum absolute atomic E-state index is 11.8. The Labute approximate surface area is 196 Å². The number of nitrogens with one attached hydrogen (secondary N) is 2. The molecule has 1 amide bonds. The SMILES string of the molecule is CN=C(NCCOCc1ccccc1)NCc1cccc(CN2CCCC2=O)c1.I. The minimum absolute atomic E-state index is 0. The number of halogens is 1. The molecule has 0 aliphatic carbocycles. The Morgan fingerprint density at radius 3 is 2.57 bits per heavy atom. The molecule has 0 atom stereocenters. The van der Waals surface area contributed by atoms with Gasteiger partial charge in [-0.05, 0) is 23.1 Å². The summed E-state index contributed by atoms with van der Waals surface area (Å²) in [5.74, 6) is 1.00. The Bertz CT molecular complexity index is 814. The summed E-state index contributed by atoms with van der Waals surface area (Å²) in [6.45, 7) is 4.13. The molecule has 1 heterocycles. The fourth-order valence-electron chi connectivity index (χ4n) is 3.34. The molecule has 2 aromatic rings. The molecule has 0 unspecified atom stereocenters. The fourth-order valence-corrected chi connectivity index (χ4v) is 3.34. The quantitative estimate of drug-likeness (QED) is 0.230.